The summed E-state index contributed by atoms with van der Waals surface area (Å²) in [5, 5.41) is 0.767. The van der Waals surface area contributed by atoms with Gasteiger partial charge in [0.15, 0.2) is 0 Å². The molecule has 4 heteroatoms. The topological polar surface area (TPSA) is 28.0 Å². The van der Waals surface area contributed by atoms with Gasteiger partial charge in [-0.1, -0.05) is 80.0 Å². The maximum atomic E-state index is 6.49. The fraction of sp³-hybridized carbons (Fsp3) is 0.448. The number of hydrogen-bond donors (Lipinski definition) is 0. The molecule has 2 aliphatic carbocycles. The second-order valence-electron chi connectivity index (χ2n) is 10.1. The van der Waals surface area contributed by atoms with Crippen molar-refractivity contribution in [3.05, 3.63) is 64.2 Å². The summed E-state index contributed by atoms with van der Waals surface area (Å²) in [5.41, 5.74) is 7.20. The number of hydrogen-bond acceptors (Lipinski definition) is 2. The molecule has 3 nitrogen and oxygen atoms in total. The van der Waals surface area contributed by atoms with Crippen molar-refractivity contribution in [2.45, 2.75) is 83.2 Å². The summed E-state index contributed by atoms with van der Waals surface area (Å²) < 4.78 is 0. The van der Waals surface area contributed by atoms with Crippen molar-refractivity contribution in [3.8, 4) is 0 Å². The molecule has 2 saturated carbocycles. The maximum Gasteiger partial charge on any atom is 0.143 e. The normalized spacial score (nSPS) is 22.7. The van der Waals surface area contributed by atoms with E-state index in [4.69, 9.17) is 21.6 Å². The fourth-order valence-electron chi connectivity index (χ4n) is 6.04. The molecule has 0 unspecified atom stereocenters. The van der Waals surface area contributed by atoms with Crippen LogP contribution in [0.5, 0.6) is 0 Å². The van der Waals surface area contributed by atoms with E-state index in [9.17, 15) is 0 Å². The van der Waals surface area contributed by atoms with Crippen LogP contribution >= 0.6 is 11.6 Å². The minimum atomic E-state index is 0.416. The first-order valence-electron chi connectivity index (χ1n) is 12.8. The molecule has 2 aromatic carbocycles. The van der Waals surface area contributed by atoms with Crippen LogP contribution in [0.3, 0.4) is 0 Å². The zero-order chi connectivity index (χ0) is 22.4. The standard InChI is InChI=1S/C29H32ClN3/c1-19-12-14-20(15-13-19)26-27-24-18-21(30)16-17-25(24)32-29(27)33(23-10-6-3-7-11-23)28(26)31-22-8-4-2-5-9-22/h12-18,22-23H,2-11H2,1H3. The number of nitrogens with zero attached hydrogens (tertiary/aromatic N) is 3. The molecule has 2 aromatic rings. The van der Waals surface area contributed by atoms with Crippen molar-refractivity contribution in [3.63, 3.8) is 0 Å². The molecular weight excluding hydrogens is 426 g/mol. The van der Waals surface area contributed by atoms with Crippen molar-refractivity contribution < 1.29 is 0 Å². The van der Waals surface area contributed by atoms with E-state index in [2.05, 4.69) is 48.2 Å². The highest BCUT2D eigenvalue weighted by molar-refractivity contribution is 6.53. The van der Waals surface area contributed by atoms with E-state index in [1.165, 1.54) is 86.5 Å². The highest BCUT2D eigenvalue weighted by Crippen LogP contribution is 2.48. The molecule has 0 spiro atoms. The highest BCUT2D eigenvalue weighted by Gasteiger charge is 2.43. The average molecular weight is 458 g/mol. The van der Waals surface area contributed by atoms with Gasteiger partial charge in [0.25, 0.3) is 0 Å². The van der Waals surface area contributed by atoms with E-state index in [1.54, 1.807) is 0 Å². The highest BCUT2D eigenvalue weighted by atomic mass is 35.5. The predicted octanol–water partition coefficient (Wildman–Crippen LogP) is 7.98. The molecule has 0 radical (unpaired) electrons. The van der Waals surface area contributed by atoms with Crippen molar-refractivity contribution >= 4 is 40.1 Å². The molecule has 33 heavy (non-hydrogen) atoms. The van der Waals surface area contributed by atoms with E-state index in [0.717, 1.165) is 27.9 Å². The summed E-state index contributed by atoms with van der Waals surface area (Å²) in [4.78, 5) is 13.2. The Kier molecular flexibility index (Phi) is 5.62. The molecule has 0 saturated heterocycles. The Balaban J connectivity index is 1.57. The van der Waals surface area contributed by atoms with Gasteiger partial charge >= 0.3 is 0 Å². The summed E-state index contributed by atoms with van der Waals surface area (Å²) in [6.07, 6.45) is 12.7. The Morgan fingerprint density at radius 3 is 2.27 bits per heavy atom. The van der Waals surface area contributed by atoms with E-state index >= 15 is 0 Å². The van der Waals surface area contributed by atoms with Gasteiger partial charge in [-0.15, -0.1) is 0 Å². The molecule has 4 aliphatic rings. The van der Waals surface area contributed by atoms with Crippen LogP contribution < -0.4 is 0 Å². The zero-order valence-electron chi connectivity index (χ0n) is 19.5. The lowest BCUT2D eigenvalue weighted by Gasteiger charge is -2.34. The van der Waals surface area contributed by atoms with Crippen LogP contribution in [0.15, 0.2) is 52.4 Å². The molecule has 0 N–H and O–H groups in total. The first-order chi connectivity index (χ1) is 16.2. The number of amidine groups is 2. The third-order valence-corrected chi connectivity index (χ3v) is 8.00. The molecule has 2 aliphatic heterocycles. The van der Waals surface area contributed by atoms with Crippen molar-refractivity contribution in [1.82, 2.24) is 4.90 Å². The van der Waals surface area contributed by atoms with Crippen LogP contribution in [0.2, 0.25) is 5.02 Å². The van der Waals surface area contributed by atoms with Gasteiger partial charge in [0, 0.05) is 27.8 Å². The lowest BCUT2D eigenvalue weighted by atomic mass is 9.93. The lowest BCUT2D eigenvalue weighted by molar-refractivity contribution is 0.323. The van der Waals surface area contributed by atoms with E-state index < -0.39 is 0 Å². The second kappa shape index (κ2) is 8.76. The summed E-state index contributed by atoms with van der Waals surface area (Å²) in [7, 11) is 0. The summed E-state index contributed by atoms with van der Waals surface area (Å²) >= 11 is 6.49. The van der Waals surface area contributed by atoms with Crippen molar-refractivity contribution in [2.75, 3.05) is 0 Å². The number of fused-ring (bicyclic) bond motifs is 3. The summed E-state index contributed by atoms with van der Waals surface area (Å²) in [5.74, 6) is 2.27. The second-order valence-corrected chi connectivity index (χ2v) is 10.6. The number of halogens is 1. The van der Waals surface area contributed by atoms with Crippen molar-refractivity contribution in [1.29, 1.82) is 0 Å². The van der Waals surface area contributed by atoms with Gasteiger partial charge in [-0.2, -0.15) is 0 Å². The SMILES string of the molecule is Cc1ccc(C2=C3C(=Nc4ccc(Cl)cc43)N(C3CCCCC3)C2=NC2CCCCC2)cc1. The monoisotopic (exact) mass is 457 g/mol. The van der Waals surface area contributed by atoms with E-state index in [0.29, 0.717) is 12.1 Å². The number of aliphatic imine (C=N–C) groups is 2. The van der Waals surface area contributed by atoms with Gasteiger partial charge in [0.2, 0.25) is 0 Å². The molecule has 2 heterocycles. The molecule has 0 amide bonds. The van der Waals surface area contributed by atoms with Gasteiger partial charge in [-0.05, 0) is 56.4 Å². The Morgan fingerprint density at radius 2 is 1.55 bits per heavy atom. The Bertz CT molecular complexity index is 1150. The first kappa shape index (κ1) is 21.2. The Morgan fingerprint density at radius 1 is 0.848 bits per heavy atom. The molecule has 6 rings (SSSR count). The fourth-order valence-corrected chi connectivity index (χ4v) is 6.21. The van der Waals surface area contributed by atoms with E-state index in [-0.39, 0.29) is 0 Å². The van der Waals surface area contributed by atoms with Gasteiger partial charge in [-0.3, -0.25) is 4.99 Å². The van der Waals surface area contributed by atoms with Gasteiger partial charge in [-0.25, -0.2) is 4.99 Å². The van der Waals surface area contributed by atoms with Gasteiger partial charge in [0.1, 0.15) is 11.7 Å². The minimum Gasteiger partial charge on any atom is -0.307 e. The average Bonchev–Trinajstić information content (AvgIpc) is 3.34. The van der Waals surface area contributed by atoms with Crippen LogP contribution in [-0.4, -0.2) is 28.7 Å². The summed E-state index contributed by atoms with van der Waals surface area (Å²) in [6, 6.07) is 16.0. The van der Waals surface area contributed by atoms with Crippen LogP contribution in [-0.2, 0) is 0 Å². The minimum absolute atomic E-state index is 0.416. The van der Waals surface area contributed by atoms with E-state index in [1.807, 2.05) is 6.07 Å². The van der Waals surface area contributed by atoms with Crippen LogP contribution in [0.1, 0.15) is 80.9 Å². The third-order valence-electron chi connectivity index (χ3n) is 7.77. The number of aryl methyl sites for hydroxylation is 1. The van der Waals surface area contributed by atoms with Gasteiger partial charge < -0.3 is 4.90 Å². The molecular formula is C29H32ClN3. The lowest BCUT2D eigenvalue weighted by Crippen LogP contribution is -2.42. The van der Waals surface area contributed by atoms with Crippen LogP contribution in [0.25, 0.3) is 11.1 Å². The molecule has 170 valence electrons. The molecule has 2 fully saturated rings. The Hall–Kier alpha value is -2.39. The molecule has 0 atom stereocenters. The zero-order valence-corrected chi connectivity index (χ0v) is 20.2. The van der Waals surface area contributed by atoms with Crippen molar-refractivity contribution in [2.24, 2.45) is 9.98 Å². The predicted molar refractivity (Wildman–Crippen MR) is 140 cm³/mol. The first-order valence-corrected chi connectivity index (χ1v) is 13.1. The Labute approximate surface area is 202 Å². The van der Waals surface area contributed by atoms with Gasteiger partial charge in [0.05, 0.1) is 11.7 Å². The number of benzene rings is 2. The smallest absolute Gasteiger partial charge is 0.143 e. The van der Waals surface area contributed by atoms with Crippen LogP contribution in [0.4, 0.5) is 5.69 Å². The largest absolute Gasteiger partial charge is 0.307 e. The quantitative estimate of drug-likeness (QED) is 0.459. The summed E-state index contributed by atoms with van der Waals surface area (Å²) in [6.45, 7) is 2.15. The maximum absolute atomic E-state index is 6.49. The molecule has 0 bridgehead atoms. The third kappa shape index (κ3) is 3.85. The molecule has 0 aromatic heterocycles. The number of rotatable bonds is 3. The van der Waals surface area contributed by atoms with Crippen LogP contribution in [0, 0.1) is 6.92 Å².